The number of aryl methyl sites for hydroxylation is 1. The number of esters is 1. The third-order valence-corrected chi connectivity index (χ3v) is 4.88. The molecule has 1 saturated heterocycles. The van der Waals surface area contributed by atoms with Crippen LogP contribution in [-0.4, -0.2) is 35.9 Å². The van der Waals surface area contributed by atoms with Gasteiger partial charge >= 0.3 is 5.97 Å². The van der Waals surface area contributed by atoms with Gasteiger partial charge in [0.25, 0.3) is 11.6 Å². The van der Waals surface area contributed by atoms with Crippen molar-refractivity contribution in [3.63, 3.8) is 0 Å². The zero-order valence-electron chi connectivity index (χ0n) is 16.0. The minimum absolute atomic E-state index is 0.0206. The molecule has 0 radical (unpaired) electrons. The van der Waals surface area contributed by atoms with Crippen molar-refractivity contribution < 1.29 is 24.0 Å². The molecule has 0 unspecified atom stereocenters. The highest BCUT2D eigenvalue weighted by Gasteiger charge is 2.36. The number of carbonyl (C=O) groups excluding carboxylic acids is 3. The Labute approximate surface area is 176 Å². The predicted octanol–water partition coefficient (Wildman–Crippen LogP) is 3.09. The second kappa shape index (κ2) is 8.91. The Bertz CT molecular complexity index is 1010. The van der Waals surface area contributed by atoms with Crippen LogP contribution in [0.5, 0.6) is 0 Å². The third kappa shape index (κ3) is 4.93. The van der Waals surface area contributed by atoms with Crippen molar-refractivity contribution in [2.45, 2.75) is 13.3 Å². The number of nitro benzene ring substituents is 1. The monoisotopic (exact) mass is 431 g/mol. The van der Waals surface area contributed by atoms with E-state index in [1.165, 1.54) is 23.1 Å². The molecule has 0 aromatic heterocycles. The van der Waals surface area contributed by atoms with Crippen LogP contribution in [0.3, 0.4) is 0 Å². The first kappa shape index (κ1) is 21.3. The van der Waals surface area contributed by atoms with E-state index in [1.54, 1.807) is 31.2 Å². The van der Waals surface area contributed by atoms with Crippen molar-refractivity contribution in [3.05, 3.63) is 63.2 Å². The molecule has 0 spiro atoms. The molecule has 1 fully saturated rings. The Kier molecular flexibility index (Phi) is 6.31. The van der Waals surface area contributed by atoms with Crippen LogP contribution in [0.4, 0.5) is 17.1 Å². The van der Waals surface area contributed by atoms with Crippen molar-refractivity contribution in [2.75, 3.05) is 23.4 Å². The molecule has 1 heterocycles. The van der Waals surface area contributed by atoms with Gasteiger partial charge in [-0.25, -0.2) is 0 Å². The van der Waals surface area contributed by atoms with Crippen LogP contribution in [0.15, 0.2) is 42.5 Å². The van der Waals surface area contributed by atoms with Gasteiger partial charge < -0.3 is 15.0 Å². The van der Waals surface area contributed by atoms with Gasteiger partial charge in [0.05, 0.1) is 10.8 Å². The van der Waals surface area contributed by atoms with Gasteiger partial charge in [0.2, 0.25) is 5.91 Å². The van der Waals surface area contributed by atoms with Crippen molar-refractivity contribution >= 4 is 46.4 Å². The number of rotatable bonds is 6. The standard InChI is InChI=1S/C20H18ClN3O6/c1-12-2-5-15(9-17(12)24(28)29)22-18(25)11-30-20(27)13-8-19(26)23(10-13)16-6-3-14(21)4-7-16/h2-7,9,13H,8,10-11H2,1H3,(H,22,25)/t13-/m0/s1. The second-order valence-electron chi connectivity index (χ2n) is 6.80. The van der Waals surface area contributed by atoms with Crippen molar-refractivity contribution in [3.8, 4) is 0 Å². The molecule has 0 saturated carbocycles. The van der Waals surface area contributed by atoms with E-state index in [0.29, 0.717) is 16.3 Å². The Morgan fingerprint density at radius 3 is 2.63 bits per heavy atom. The fourth-order valence-corrected chi connectivity index (χ4v) is 3.20. The van der Waals surface area contributed by atoms with Crippen LogP contribution in [-0.2, 0) is 19.1 Å². The smallest absolute Gasteiger partial charge is 0.311 e. The van der Waals surface area contributed by atoms with Gasteiger partial charge in [-0.15, -0.1) is 0 Å². The maximum absolute atomic E-state index is 12.3. The molecule has 156 valence electrons. The lowest BCUT2D eigenvalue weighted by Crippen LogP contribution is -2.28. The number of amides is 2. The minimum Gasteiger partial charge on any atom is -0.455 e. The van der Waals surface area contributed by atoms with Gasteiger partial charge in [0.1, 0.15) is 0 Å². The summed E-state index contributed by atoms with van der Waals surface area (Å²) in [5.74, 6) is -2.22. The average molecular weight is 432 g/mol. The molecule has 1 N–H and O–H groups in total. The third-order valence-electron chi connectivity index (χ3n) is 4.63. The predicted molar refractivity (Wildman–Crippen MR) is 109 cm³/mol. The molecular formula is C20H18ClN3O6. The molecule has 1 atom stereocenters. The molecule has 0 bridgehead atoms. The highest BCUT2D eigenvalue weighted by atomic mass is 35.5. The van der Waals surface area contributed by atoms with Gasteiger partial charge in [-0.2, -0.15) is 0 Å². The van der Waals surface area contributed by atoms with Crippen LogP contribution in [0.2, 0.25) is 5.02 Å². The molecule has 9 nitrogen and oxygen atoms in total. The summed E-state index contributed by atoms with van der Waals surface area (Å²) in [7, 11) is 0. The Morgan fingerprint density at radius 1 is 1.27 bits per heavy atom. The molecular weight excluding hydrogens is 414 g/mol. The van der Waals surface area contributed by atoms with E-state index >= 15 is 0 Å². The largest absolute Gasteiger partial charge is 0.455 e. The highest BCUT2D eigenvalue weighted by molar-refractivity contribution is 6.30. The van der Waals surface area contributed by atoms with E-state index in [2.05, 4.69) is 5.32 Å². The van der Waals surface area contributed by atoms with Crippen LogP contribution in [0.25, 0.3) is 0 Å². The molecule has 10 heteroatoms. The fraction of sp³-hybridized carbons (Fsp3) is 0.250. The average Bonchev–Trinajstić information content (AvgIpc) is 3.09. The number of halogens is 1. The summed E-state index contributed by atoms with van der Waals surface area (Å²) in [5, 5.41) is 14.0. The first-order chi connectivity index (χ1) is 14.2. The van der Waals surface area contributed by atoms with Gasteiger partial charge in [-0.05, 0) is 37.3 Å². The summed E-state index contributed by atoms with van der Waals surface area (Å²) in [6, 6.07) is 10.9. The van der Waals surface area contributed by atoms with Crippen LogP contribution < -0.4 is 10.2 Å². The summed E-state index contributed by atoms with van der Waals surface area (Å²) in [5.41, 5.74) is 1.17. The second-order valence-corrected chi connectivity index (χ2v) is 7.23. The van der Waals surface area contributed by atoms with E-state index in [9.17, 15) is 24.5 Å². The molecule has 30 heavy (non-hydrogen) atoms. The summed E-state index contributed by atoms with van der Waals surface area (Å²) in [6.45, 7) is 1.17. The molecule has 1 aliphatic rings. The van der Waals surface area contributed by atoms with E-state index in [-0.39, 0.29) is 30.2 Å². The maximum atomic E-state index is 12.3. The lowest BCUT2D eigenvalue weighted by Gasteiger charge is -2.16. The number of benzene rings is 2. The van der Waals surface area contributed by atoms with Gasteiger partial charge in [0.15, 0.2) is 6.61 Å². The van der Waals surface area contributed by atoms with Gasteiger partial charge in [-0.1, -0.05) is 17.7 Å². The number of hydrogen-bond donors (Lipinski definition) is 1. The molecule has 0 aliphatic carbocycles. The topological polar surface area (TPSA) is 119 Å². The van der Waals surface area contributed by atoms with E-state index in [0.717, 1.165) is 0 Å². The summed E-state index contributed by atoms with van der Waals surface area (Å²) < 4.78 is 5.03. The van der Waals surface area contributed by atoms with Crippen LogP contribution in [0.1, 0.15) is 12.0 Å². The maximum Gasteiger partial charge on any atom is 0.311 e. The molecule has 3 rings (SSSR count). The lowest BCUT2D eigenvalue weighted by molar-refractivity contribution is -0.385. The molecule has 2 aromatic carbocycles. The fourth-order valence-electron chi connectivity index (χ4n) is 3.07. The SMILES string of the molecule is Cc1ccc(NC(=O)COC(=O)[C@H]2CC(=O)N(c3ccc(Cl)cc3)C2)cc1[N+](=O)[O-]. The minimum atomic E-state index is -0.693. The molecule has 1 aliphatic heterocycles. The van der Waals surface area contributed by atoms with E-state index in [4.69, 9.17) is 16.3 Å². The van der Waals surface area contributed by atoms with Gasteiger partial charge in [0, 0.05) is 41.0 Å². The van der Waals surface area contributed by atoms with Crippen LogP contribution >= 0.6 is 11.6 Å². The number of ether oxygens (including phenoxy) is 1. The van der Waals surface area contributed by atoms with Gasteiger partial charge in [-0.3, -0.25) is 24.5 Å². The number of anilines is 2. The Hall–Kier alpha value is -3.46. The Balaban J connectivity index is 1.53. The summed E-state index contributed by atoms with van der Waals surface area (Å²) in [4.78, 5) is 48.4. The number of carbonyl (C=O) groups is 3. The van der Waals surface area contributed by atoms with E-state index < -0.39 is 29.3 Å². The first-order valence-corrected chi connectivity index (χ1v) is 9.40. The van der Waals surface area contributed by atoms with E-state index in [1.807, 2.05) is 0 Å². The summed E-state index contributed by atoms with van der Waals surface area (Å²) >= 11 is 5.85. The quantitative estimate of drug-likeness (QED) is 0.426. The number of nitro groups is 1. The number of hydrogen-bond acceptors (Lipinski definition) is 6. The molecule has 2 amide bonds. The molecule has 2 aromatic rings. The van der Waals surface area contributed by atoms with Crippen molar-refractivity contribution in [1.82, 2.24) is 0 Å². The zero-order chi connectivity index (χ0) is 21.8. The lowest BCUT2D eigenvalue weighted by atomic mass is 10.1. The Morgan fingerprint density at radius 2 is 1.97 bits per heavy atom. The van der Waals surface area contributed by atoms with Crippen molar-refractivity contribution in [2.24, 2.45) is 5.92 Å². The zero-order valence-corrected chi connectivity index (χ0v) is 16.7. The van der Waals surface area contributed by atoms with Crippen molar-refractivity contribution in [1.29, 1.82) is 0 Å². The first-order valence-electron chi connectivity index (χ1n) is 9.02. The summed E-state index contributed by atoms with van der Waals surface area (Å²) in [6.07, 6.45) is -0.0206. The van der Waals surface area contributed by atoms with Crippen LogP contribution in [0, 0.1) is 23.0 Å². The number of nitrogens with zero attached hydrogens (tertiary/aromatic N) is 2. The highest BCUT2D eigenvalue weighted by Crippen LogP contribution is 2.27. The number of nitrogens with one attached hydrogen (secondary N) is 1. The normalized spacial score (nSPS) is 15.7.